The van der Waals surface area contributed by atoms with Crippen LogP contribution in [0.25, 0.3) is 10.9 Å². The molecule has 26 heavy (non-hydrogen) atoms. The Kier molecular flexibility index (Phi) is 3.99. The molecule has 1 fully saturated rings. The molecule has 0 saturated carbocycles. The Balaban J connectivity index is 1.33. The van der Waals surface area contributed by atoms with Gasteiger partial charge in [0.05, 0.1) is 23.5 Å². The van der Waals surface area contributed by atoms with E-state index in [-0.39, 0.29) is 17.7 Å². The molecule has 134 valence electrons. The van der Waals surface area contributed by atoms with Crippen LogP contribution in [-0.2, 0) is 23.2 Å². The van der Waals surface area contributed by atoms with Crippen LogP contribution in [0.1, 0.15) is 5.69 Å². The van der Waals surface area contributed by atoms with Crippen molar-refractivity contribution < 1.29 is 9.59 Å². The summed E-state index contributed by atoms with van der Waals surface area (Å²) in [4.78, 5) is 26.5. The third-order valence-corrected chi connectivity index (χ3v) is 5.08. The van der Waals surface area contributed by atoms with E-state index in [9.17, 15) is 9.59 Å². The lowest BCUT2D eigenvalue weighted by molar-refractivity contribution is -0.141. The molecule has 0 radical (unpaired) electrons. The van der Waals surface area contributed by atoms with E-state index in [1.807, 2.05) is 55.1 Å². The number of aryl methyl sites for hydroxylation is 1. The number of hydrogen-bond donors (Lipinski definition) is 1. The lowest BCUT2D eigenvalue weighted by atomic mass is 9.99. The SMILES string of the molecule is Cc1c(NC(=O)C2CN(C(=O)Cn3ccc4ccccc43)C2)cnn1C. The number of carbonyl (C=O) groups excluding carboxylic acids is 2. The van der Waals surface area contributed by atoms with Gasteiger partial charge in [0.15, 0.2) is 0 Å². The first-order chi connectivity index (χ1) is 12.5. The molecule has 3 aromatic rings. The highest BCUT2D eigenvalue weighted by molar-refractivity contribution is 5.95. The minimum absolute atomic E-state index is 0.0351. The molecule has 0 bridgehead atoms. The van der Waals surface area contributed by atoms with Gasteiger partial charge >= 0.3 is 0 Å². The summed E-state index contributed by atoms with van der Waals surface area (Å²) in [5, 5.41) is 8.13. The minimum atomic E-state index is -0.167. The number of benzene rings is 1. The highest BCUT2D eigenvalue weighted by Crippen LogP contribution is 2.21. The molecule has 1 saturated heterocycles. The van der Waals surface area contributed by atoms with Crippen molar-refractivity contribution in [1.82, 2.24) is 19.2 Å². The van der Waals surface area contributed by atoms with E-state index in [0.717, 1.165) is 22.3 Å². The zero-order valence-corrected chi connectivity index (χ0v) is 14.8. The maximum Gasteiger partial charge on any atom is 0.242 e. The smallest absolute Gasteiger partial charge is 0.242 e. The Labute approximate surface area is 151 Å². The average molecular weight is 351 g/mol. The molecule has 0 aliphatic carbocycles. The summed E-state index contributed by atoms with van der Waals surface area (Å²) in [5.74, 6) is -0.190. The summed E-state index contributed by atoms with van der Waals surface area (Å²) in [7, 11) is 1.83. The molecular formula is C19H21N5O2. The summed E-state index contributed by atoms with van der Waals surface area (Å²) in [6.45, 7) is 3.12. The van der Waals surface area contributed by atoms with Gasteiger partial charge in [-0.3, -0.25) is 14.3 Å². The number of amides is 2. The number of carbonyl (C=O) groups is 2. The van der Waals surface area contributed by atoms with Crippen molar-refractivity contribution >= 4 is 28.4 Å². The summed E-state index contributed by atoms with van der Waals surface area (Å²) in [5.41, 5.74) is 2.67. The fraction of sp³-hybridized carbons (Fsp3) is 0.316. The van der Waals surface area contributed by atoms with E-state index in [4.69, 9.17) is 0 Å². The Morgan fingerprint density at radius 1 is 1.23 bits per heavy atom. The van der Waals surface area contributed by atoms with Crippen molar-refractivity contribution in [3.8, 4) is 0 Å². The zero-order valence-electron chi connectivity index (χ0n) is 14.8. The number of rotatable bonds is 4. The molecule has 2 amide bonds. The molecule has 7 heteroatoms. The van der Waals surface area contributed by atoms with Gasteiger partial charge in [0.2, 0.25) is 11.8 Å². The number of nitrogens with one attached hydrogen (secondary N) is 1. The predicted molar refractivity (Wildman–Crippen MR) is 98.6 cm³/mol. The second-order valence-electron chi connectivity index (χ2n) is 6.75. The maximum atomic E-state index is 12.5. The molecule has 4 rings (SSSR count). The first-order valence-corrected chi connectivity index (χ1v) is 8.64. The van der Waals surface area contributed by atoms with Gasteiger partial charge in [0.1, 0.15) is 6.54 Å². The van der Waals surface area contributed by atoms with Gasteiger partial charge in [-0.15, -0.1) is 0 Å². The predicted octanol–water partition coefficient (Wildman–Crippen LogP) is 1.78. The highest BCUT2D eigenvalue weighted by Gasteiger charge is 2.35. The highest BCUT2D eigenvalue weighted by atomic mass is 16.2. The number of hydrogen-bond acceptors (Lipinski definition) is 3. The standard InChI is InChI=1S/C19H21N5O2/c1-13-16(9-20-22(13)2)21-19(26)15-10-24(11-15)18(25)12-23-8-7-14-5-3-4-6-17(14)23/h3-9,15H,10-12H2,1-2H3,(H,21,26). The second kappa shape index (κ2) is 6.33. The van der Waals surface area contributed by atoms with Crippen LogP contribution in [0.15, 0.2) is 42.7 Å². The summed E-state index contributed by atoms with van der Waals surface area (Å²) in [6.07, 6.45) is 3.57. The van der Waals surface area contributed by atoms with Crippen molar-refractivity contribution in [3.05, 3.63) is 48.4 Å². The first-order valence-electron chi connectivity index (χ1n) is 8.64. The van der Waals surface area contributed by atoms with Crippen LogP contribution in [0, 0.1) is 12.8 Å². The summed E-state index contributed by atoms with van der Waals surface area (Å²) < 4.78 is 3.66. The van der Waals surface area contributed by atoms with Crippen LogP contribution in [0.4, 0.5) is 5.69 Å². The summed E-state index contributed by atoms with van der Waals surface area (Å²) in [6, 6.07) is 9.99. The van der Waals surface area contributed by atoms with E-state index < -0.39 is 0 Å². The Bertz CT molecular complexity index is 981. The van der Waals surface area contributed by atoms with Crippen LogP contribution in [-0.4, -0.2) is 44.2 Å². The molecule has 0 atom stereocenters. The number of likely N-dealkylation sites (tertiary alicyclic amines) is 1. The summed E-state index contributed by atoms with van der Waals surface area (Å²) >= 11 is 0. The second-order valence-corrected chi connectivity index (χ2v) is 6.75. The van der Waals surface area contributed by atoms with Gasteiger partial charge in [-0.1, -0.05) is 18.2 Å². The van der Waals surface area contributed by atoms with Gasteiger partial charge in [0.25, 0.3) is 0 Å². The van der Waals surface area contributed by atoms with Crippen LogP contribution in [0.2, 0.25) is 0 Å². The maximum absolute atomic E-state index is 12.5. The monoisotopic (exact) mass is 351 g/mol. The van der Waals surface area contributed by atoms with Crippen LogP contribution in [0.5, 0.6) is 0 Å². The van der Waals surface area contributed by atoms with E-state index in [2.05, 4.69) is 10.4 Å². The van der Waals surface area contributed by atoms with Crippen molar-refractivity contribution in [2.24, 2.45) is 13.0 Å². The number of aromatic nitrogens is 3. The third kappa shape index (κ3) is 2.85. The molecule has 0 unspecified atom stereocenters. The zero-order chi connectivity index (χ0) is 18.3. The number of para-hydroxylation sites is 1. The van der Waals surface area contributed by atoms with Gasteiger partial charge in [0, 0.05) is 31.9 Å². The molecule has 0 spiro atoms. The quantitative estimate of drug-likeness (QED) is 0.779. The van der Waals surface area contributed by atoms with Crippen molar-refractivity contribution in [3.63, 3.8) is 0 Å². The van der Waals surface area contributed by atoms with E-state index in [1.54, 1.807) is 15.8 Å². The fourth-order valence-corrected chi connectivity index (χ4v) is 3.23. The Morgan fingerprint density at radius 3 is 2.73 bits per heavy atom. The van der Waals surface area contributed by atoms with Crippen molar-refractivity contribution in [1.29, 1.82) is 0 Å². The minimum Gasteiger partial charge on any atom is -0.339 e. The molecule has 2 aromatic heterocycles. The third-order valence-electron chi connectivity index (χ3n) is 5.08. The van der Waals surface area contributed by atoms with E-state index in [1.165, 1.54) is 0 Å². The van der Waals surface area contributed by atoms with Crippen LogP contribution in [0.3, 0.4) is 0 Å². The first kappa shape index (κ1) is 16.4. The molecule has 1 N–H and O–H groups in total. The molecule has 3 heterocycles. The van der Waals surface area contributed by atoms with E-state index in [0.29, 0.717) is 19.6 Å². The largest absolute Gasteiger partial charge is 0.339 e. The van der Waals surface area contributed by atoms with Crippen molar-refractivity contribution in [2.75, 3.05) is 18.4 Å². The van der Waals surface area contributed by atoms with Crippen LogP contribution < -0.4 is 5.32 Å². The fourth-order valence-electron chi connectivity index (χ4n) is 3.23. The number of fused-ring (bicyclic) bond motifs is 1. The normalized spacial score (nSPS) is 14.5. The van der Waals surface area contributed by atoms with Gasteiger partial charge in [-0.2, -0.15) is 5.10 Å². The van der Waals surface area contributed by atoms with Gasteiger partial charge < -0.3 is 14.8 Å². The molecule has 7 nitrogen and oxygen atoms in total. The molecule has 1 aromatic carbocycles. The van der Waals surface area contributed by atoms with Gasteiger partial charge in [-0.05, 0) is 24.4 Å². The Hall–Kier alpha value is -3.09. The molecule has 1 aliphatic heterocycles. The van der Waals surface area contributed by atoms with Crippen LogP contribution >= 0.6 is 0 Å². The Morgan fingerprint density at radius 2 is 2.00 bits per heavy atom. The number of anilines is 1. The lowest BCUT2D eigenvalue weighted by Gasteiger charge is -2.38. The lowest BCUT2D eigenvalue weighted by Crippen LogP contribution is -2.55. The number of nitrogens with zero attached hydrogens (tertiary/aromatic N) is 4. The topological polar surface area (TPSA) is 72.2 Å². The average Bonchev–Trinajstić information content (AvgIpc) is 3.12. The van der Waals surface area contributed by atoms with E-state index >= 15 is 0 Å². The van der Waals surface area contributed by atoms with Crippen molar-refractivity contribution in [2.45, 2.75) is 13.5 Å². The van der Waals surface area contributed by atoms with Gasteiger partial charge in [-0.25, -0.2) is 0 Å². The molecular weight excluding hydrogens is 330 g/mol. The molecule has 1 aliphatic rings.